The Kier molecular flexibility index (Phi) is 6.39. The van der Waals surface area contributed by atoms with Crippen molar-refractivity contribution in [1.29, 1.82) is 0 Å². The van der Waals surface area contributed by atoms with Crippen LogP contribution in [0, 0.1) is 13.8 Å². The number of imide groups is 1. The molecule has 2 aromatic rings. The number of benzene rings is 2. The highest BCUT2D eigenvalue weighted by Gasteiger charge is 2.51. The molecule has 0 saturated carbocycles. The standard InChI is InChI=1S/C23H25N3O5/c1-4-23(17-8-6-5-7-9-17)21(29)26(22(30)25-23)13-20(28)31-14-19(27)24-18-11-15(2)10-16(3)12-18/h5-12H,4,13-14H2,1-3H3,(H,24,27)(H,25,30). The third-order valence-electron chi connectivity index (χ3n) is 5.13. The molecule has 162 valence electrons. The monoisotopic (exact) mass is 423 g/mol. The van der Waals surface area contributed by atoms with Gasteiger partial charge in [0, 0.05) is 5.69 Å². The number of amides is 4. The van der Waals surface area contributed by atoms with Gasteiger partial charge in [0.25, 0.3) is 11.8 Å². The van der Waals surface area contributed by atoms with E-state index < -0.39 is 42.5 Å². The molecule has 0 aliphatic carbocycles. The number of carbonyl (C=O) groups excluding carboxylic acids is 4. The lowest BCUT2D eigenvalue weighted by atomic mass is 9.87. The molecule has 1 unspecified atom stereocenters. The van der Waals surface area contributed by atoms with Crippen molar-refractivity contribution in [2.24, 2.45) is 0 Å². The van der Waals surface area contributed by atoms with Gasteiger partial charge in [-0.2, -0.15) is 0 Å². The molecule has 0 aromatic heterocycles. The molecule has 0 bridgehead atoms. The Bertz CT molecular complexity index is 1000. The summed E-state index contributed by atoms with van der Waals surface area (Å²) in [5.41, 5.74) is 1.99. The van der Waals surface area contributed by atoms with Crippen molar-refractivity contribution in [3.05, 3.63) is 65.2 Å². The molecular weight excluding hydrogens is 398 g/mol. The molecule has 2 aromatic carbocycles. The van der Waals surface area contributed by atoms with E-state index in [-0.39, 0.29) is 0 Å². The van der Waals surface area contributed by atoms with Gasteiger partial charge in [-0.05, 0) is 49.1 Å². The fraction of sp³-hybridized carbons (Fsp3) is 0.304. The van der Waals surface area contributed by atoms with E-state index in [0.717, 1.165) is 16.0 Å². The van der Waals surface area contributed by atoms with E-state index in [1.165, 1.54) is 0 Å². The van der Waals surface area contributed by atoms with Crippen molar-refractivity contribution < 1.29 is 23.9 Å². The van der Waals surface area contributed by atoms with Crippen LogP contribution in [0.25, 0.3) is 0 Å². The zero-order valence-corrected chi connectivity index (χ0v) is 17.7. The Morgan fingerprint density at radius 2 is 1.71 bits per heavy atom. The van der Waals surface area contributed by atoms with Crippen molar-refractivity contribution in [1.82, 2.24) is 10.2 Å². The zero-order chi connectivity index (χ0) is 22.6. The second kappa shape index (κ2) is 8.99. The molecule has 0 spiro atoms. The van der Waals surface area contributed by atoms with E-state index in [4.69, 9.17) is 4.74 Å². The van der Waals surface area contributed by atoms with Crippen LogP contribution in [-0.4, -0.2) is 41.9 Å². The first-order valence-electron chi connectivity index (χ1n) is 9.98. The summed E-state index contributed by atoms with van der Waals surface area (Å²) in [4.78, 5) is 50.5. The van der Waals surface area contributed by atoms with Gasteiger partial charge >= 0.3 is 12.0 Å². The molecule has 1 heterocycles. The third-order valence-corrected chi connectivity index (χ3v) is 5.13. The summed E-state index contributed by atoms with van der Waals surface area (Å²) in [6, 6.07) is 13.8. The van der Waals surface area contributed by atoms with Crippen LogP contribution in [0.4, 0.5) is 10.5 Å². The number of nitrogens with one attached hydrogen (secondary N) is 2. The highest BCUT2D eigenvalue weighted by molar-refractivity contribution is 6.09. The Hall–Kier alpha value is -3.68. The Balaban J connectivity index is 1.59. The number of esters is 1. The van der Waals surface area contributed by atoms with E-state index in [0.29, 0.717) is 17.7 Å². The van der Waals surface area contributed by atoms with Gasteiger partial charge < -0.3 is 15.4 Å². The van der Waals surface area contributed by atoms with Crippen LogP contribution in [0.3, 0.4) is 0 Å². The Morgan fingerprint density at radius 1 is 1.06 bits per heavy atom. The number of anilines is 1. The predicted molar refractivity (Wildman–Crippen MR) is 114 cm³/mol. The van der Waals surface area contributed by atoms with Crippen LogP contribution < -0.4 is 10.6 Å². The van der Waals surface area contributed by atoms with Crippen LogP contribution in [-0.2, 0) is 24.7 Å². The second-order valence-corrected chi connectivity index (χ2v) is 7.53. The zero-order valence-electron chi connectivity index (χ0n) is 17.7. The van der Waals surface area contributed by atoms with Crippen LogP contribution in [0.1, 0.15) is 30.0 Å². The number of hydrogen-bond acceptors (Lipinski definition) is 5. The number of nitrogens with zero attached hydrogens (tertiary/aromatic N) is 1. The summed E-state index contributed by atoms with van der Waals surface area (Å²) in [6.45, 7) is 4.51. The molecule has 1 fully saturated rings. The maximum Gasteiger partial charge on any atom is 0.326 e. The van der Waals surface area contributed by atoms with Crippen LogP contribution in [0.2, 0.25) is 0 Å². The predicted octanol–water partition coefficient (Wildman–Crippen LogP) is 2.64. The highest BCUT2D eigenvalue weighted by Crippen LogP contribution is 2.32. The molecule has 1 saturated heterocycles. The number of rotatable bonds is 7. The average molecular weight is 423 g/mol. The quantitative estimate of drug-likeness (QED) is 0.526. The van der Waals surface area contributed by atoms with Gasteiger partial charge in [0.1, 0.15) is 12.1 Å². The Morgan fingerprint density at radius 3 is 2.32 bits per heavy atom. The fourth-order valence-corrected chi connectivity index (χ4v) is 3.70. The minimum absolute atomic E-state index is 0.325. The topological polar surface area (TPSA) is 105 Å². The molecule has 4 amide bonds. The molecule has 1 aliphatic heterocycles. The maximum atomic E-state index is 13.0. The van der Waals surface area contributed by atoms with Crippen molar-refractivity contribution in [3.63, 3.8) is 0 Å². The molecule has 31 heavy (non-hydrogen) atoms. The summed E-state index contributed by atoms with van der Waals surface area (Å²) >= 11 is 0. The minimum atomic E-state index is -1.22. The summed E-state index contributed by atoms with van der Waals surface area (Å²) in [5, 5.41) is 5.35. The summed E-state index contributed by atoms with van der Waals surface area (Å²) in [5.74, 6) is -1.88. The largest absolute Gasteiger partial charge is 0.454 e. The summed E-state index contributed by atoms with van der Waals surface area (Å²) < 4.78 is 4.98. The first-order chi connectivity index (χ1) is 14.7. The molecule has 1 atom stereocenters. The van der Waals surface area contributed by atoms with Gasteiger partial charge in [-0.15, -0.1) is 0 Å². The fourth-order valence-electron chi connectivity index (χ4n) is 3.70. The van der Waals surface area contributed by atoms with Crippen LogP contribution >= 0.6 is 0 Å². The summed E-state index contributed by atoms with van der Waals surface area (Å²) in [7, 11) is 0. The normalized spacial score (nSPS) is 18.0. The van der Waals surface area contributed by atoms with Crippen molar-refractivity contribution in [2.45, 2.75) is 32.7 Å². The highest BCUT2D eigenvalue weighted by atomic mass is 16.5. The first-order valence-corrected chi connectivity index (χ1v) is 9.98. The van der Waals surface area contributed by atoms with Gasteiger partial charge in [0.2, 0.25) is 0 Å². The van der Waals surface area contributed by atoms with Gasteiger partial charge in [0.15, 0.2) is 6.61 Å². The number of aryl methyl sites for hydroxylation is 2. The molecule has 0 radical (unpaired) electrons. The SMILES string of the molecule is CCC1(c2ccccc2)NC(=O)N(CC(=O)OCC(=O)Nc2cc(C)cc(C)c2)C1=O. The third kappa shape index (κ3) is 4.74. The minimum Gasteiger partial charge on any atom is -0.454 e. The molecule has 1 aliphatic rings. The Labute approximate surface area is 180 Å². The van der Waals surface area contributed by atoms with Crippen LogP contribution in [0.15, 0.2) is 48.5 Å². The van der Waals surface area contributed by atoms with E-state index in [1.54, 1.807) is 43.3 Å². The van der Waals surface area contributed by atoms with Crippen molar-refractivity contribution in [3.8, 4) is 0 Å². The number of hydrogen-bond donors (Lipinski definition) is 2. The number of carbonyl (C=O) groups is 4. The molecule has 8 nitrogen and oxygen atoms in total. The van der Waals surface area contributed by atoms with Gasteiger partial charge in [-0.1, -0.05) is 43.3 Å². The average Bonchev–Trinajstić information content (AvgIpc) is 2.97. The van der Waals surface area contributed by atoms with E-state index in [2.05, 4.69) is 10.6 Å². The maximum absolute atomic E-state index is 13.0. The van der Waals surface area contributed by atoms with E-state index >= 15 is 0 Å². The smallest absolute Gasteiger partial charge is 0.326 e. The van der Waals surface area contributed by atoms with Gasteiger partial charge in [-0.25, -0.2) is 4.79 Å². The van der Waals surface area contributed by atoms with E-state index in [9.17, 15) is 19.2 Å². The number of urea groups is 1. The summed E-state index contributed by atoms with van der Waals surface area (Å²) in [6.07, 6.45) is 0.325. The van der Waals surface area contributed by atoms with E-state index in [1.807, 2.05) is 26.0 Å². The van der Waals surface area contributed by atoms with Crippen molar-refractivity contribution >= 4 is 29.5 Å². The van der Waals surface area contributed by atoms with Crippen molar-refractivity contribution in [2.75, 3.05) is 18.5 Å². The van der Waals surface area contributed by atoms with Crippen LogP contribution in [0.5, 0.6) is 0 Å². The second-order valence-electron chi connectivity index (χ2n) is 7.53. The molecular formula is C23H25N3O5. The molecule has 2 N–H and O–H groups in total. The molecule has 8 heteroatoms. The van der Waals surface area contributed by atoms with Gasteiger partial charge in [0.05, 0.1) is 0 Å². The molecule has 3 rings (SSSR count). The first kappa shape index (κ1) is 22.0. The van der Waals surface area contributed by atoms with Gasteiger partial charge in [-0.3, -0.25) is 19.3 Å². The lowest BCUT2D eigenvalue weighted by Gasteiger charge is -2.25. The lowest BCUT2D eigenvalue weighted by molar-refractivity contribution is -0.150. The lowest BCUT2D eigenvalue weighted by Crippen LogP contribution is -2.44. The number of ether oxygens (including phenoxy) is 1.